The van der Waals surface area contributed by atoms with E-state index in [9.17, 15) is 9.18 Å². The monoisotopic (exact) mass is 321 g/mol. The Morgan fingerprint density at radius 1 is 1.08 bits per heavy atom. The first-order chi connectivity index (χ1) is 11.5. The molecule has 0 unspecified atom stereocenters. The quantitative estimate of drug-likeness (QED) is 0.505. The number of fused-ring (bicyclic) bond motifs is 1. The lowest BCUT2D eigenvalue weighted by Gasteiger charge is -2.12. The van der Waals surface area contributed by atoms with Gasteiger partial charge >= 0.3 is 0 Å². The zero-order chi connectivity index (χ0) is 17.3. The van der Waals surface area contributed by atoms with Gasteiger partial charge < -0.3 is 11.1 Å². The van der Waals surface area contributed by atoms with E-state index in [0.29, 0.717) is 11.1 Å². The van der Waals surface area contributed by atoms with E-state index in [0.717, 1.165) is 16.8 Å². The van der Waals surface area contributed by atoms with Crippen molar-refractivity contribution < 1.29 is 9.18 Å². The Balaban J connectivity index is 2.06. The van der Waals surface area contributed by atoms with Crippen LogP contribution in [0.1, 0.15) is 18.1 Å². The van der Waals surface area contributed by atoms with Gasteiger partial charge in [0.2, 0.25) is 5.91 Å². The fourth-order valence-electron chi connectivity index (χ4n) is 2.59. The van der Waals surface area contributed by atoms with Crippen molar-refractivity contribution in [2.45, 2.75) is 6.92 Å². The summed E-state index contributed by atoms with van der Waals surface area (Å²) in [4.78, 5) is 11.2. The van der Waals surface area contributed by atoms with Crippen molar-refractivity contribution in [2.24, 2.45) is 0 Å². The molecular weight excluding hydrogens is 305 g/mol. The van der Waals surface area contributed by atoms with Crippen LogP contribution in [0.4, 0.5) is 15.8 Å². The van der Waals surface area contributed by atoms with E-state index in [-0.39, 0.29) is 23.0 Å². The second kappa shape index (κ2) is 6.12. The summed E-state index contributed by atoms with van der Waals surface area (Å²) in [5.74, 6) is -1.01. The second-order valence-electron chi connectivity index (χ2n) is 5.54. The van der Waals surface area contributed by atoms with Gasteiger partial charge in [0.25, 0.3) is 0 Å². The highest BCUT2D eigenvalue weighted by atomic mass is 19.1. The Bertz CT molecular complexity index is 966. The molecule has 5 heteroatoms. The zero-order valence-electron chi connectivity index (χ0n) is 13.1. The maximum atomic E-state index is 13.9. The van der Waals surface area contributed by atoms with Crippen LogP contribution in [0.5, 0.6) is 0 Å². The van der Waals surface area contributed by atoms with Crippen LogP contribution in [0.2, 0.25) is 0 Å². The van der Waals surface area contributed by atoms with Crippen LogP contribution in [-0.2, 0) is 4.79 Å². The van der Waals surface area contributed by atoms with E-state index < -0.39 is 5.82 Å². The van der Waals surface area contributed by atoms with E-state index in [2.05, 4.69) is 5.32 Å². The molecule has 3 aromatic carbocycles. The minimum atomic E-state index is -0.627. The van der Waals surface area contributed by atoms with E-state index in [4.69, 9.17) is 11.1 Å². The number of nitrogens with one attached hydrogen (secondary N) is 2. The van der Waals surface area contributed by atoms with Gasteiger partial charge in [-0.15, -0.1) is 0 Å². The Morgan fingerprint density at radius 3 is 2.50 bits per heavy atom. The molecule has 24 heavy (non-hydrogen) atoms. The van der Waals surface area contributed by atoms with Crippen LogP contribution < -0.4 is 11.1 Å². The third-order valence-electron chi connectivity index (χ3n) is 3.76. The molecule has 0 saturated heterocycles. The lowest BCUT2D eigenvalue weighted by molar-refractivity contribution is -0.114. The van der Waals surface area contributed by atoms with Crippen LogP contribution in [0, 0.1) is 11.2 Å². The molecule has 3 rings (SSSR count). The van der Waals surface area contributed by atoms with Crippen molar-refractivity contribution in [3.8, 4) is 0 Å². The number of rotatable bonds is 3. The number of carbonyl (C=O) groups is 1. The van der Waals surface area contributed by atoms with Gasteiger partial charge in [0.15, 0.2) is 0 Å². The van der Waals surface area contributed by atoms with Crippen molar-refractivity contribution in [3.05, 3.63) is 71.5 Å². The van der Waals surface area contributed by atoms with Crippen LogP contribution in [0.3, 0.4) is 0 Å². The average Bonchev–Trinajstić information content (AvgIpc) is 2.56. The highest BCUT2D eigenvalue weighted by Crippen LogP contribution is 2.26. The molecule has 0 aliphatic heterocycles. The summed E-state index contributed by atoms with van der Waals surface area (Å²) in [7, 11) is 0. The Morgan fingerprint density at radius 2 is 1.79 bits per heavy atom. The second-order valence-corrected chi connectivity index (χ2v) is 5.54. The number of carbonyl (C=O) groups excluding carboxylic acids is 1. The molecule has 0 heterocycles. The Hall–Kier alpha value is -3.21. The number of halogens is 1. The molecule has 0 aliphatic carbocycles. The molecule has 4 nitrogen and oxygen atoms in total. The van der Waals surface area contributed by atoms with E-state index >= 15 is 0 Å². The predicted octanol–water partition coefficient (Wildman–Crippen LogP) is 3.94. The molecule has 0 spiro atoms. The number of amides is 1. The molecule has 120 valence electrons. The highest BCUT2D eigenvalue weighted by Gasteiger charge is 2.14. The first kappa shape index (κ1) is 15.7. The zero-order valence-corrected chi connectivity index (χ0v) is 13.1. The van der Waals surface area contributed by atoms with Crippen molar-refractivity contribution in [2.75, 3.05) is 11.1 Å². The van der Waals surface area contributed by atoms with E-state index in [1.54, 1.807) is 0 Å². The molecule has 0 atom stereocenters. The van der Waals surface area contributed by atoms with Gasteiger partial charge in [0.1, 0.15) is 5.82 Å². The minimum absolute atomic E-state index is 0.0113. The number of benzene rings is 3. The lowest BCUT2D eigenvalue weighted by Crippen LogP contribution is -2.11. The Kier molecular flexibility index (Phi) is 4.00. The average molecular weight is 321 g/mol. The first-order valence-electron chi connectivity index (χ1n) is 7.40. The highest BCUT2D eigenvalue weighted by molar-refractivity contribution is 6.15. The largest absolute Gasteiger partial charge is 0.398 e. The van der Waals surface area contributed by atoms with E-state index in [1.807, 2.05) is 42.5 Å². The van der Waals surface area contributed by atoms with Gasteiger partial charge in [-0.05, 0) is 29.0 Å². The molecule has 0 saturated carbocycles. The summed E-state index contributed by atoms with van der Waals surface area (Å²) in [5.41, 5.74) is 7.25. The smallest absolute Gasteiger partial charge is 0.221 e. The first-order valence-corrected chi connectivity index (χ1v) is 7.40. The SMILES string of the molecule is CC(=O)Nc1cc(C(=N)c2ccc3ccccc3c2)c(N)cc1F. The third kappa shape index (κ3) is 2.96. The minimum Gasteiger partial charge on any atom is -0.398 e. The molecule has 3 aromatic rings. The predicted molar refractivity (Wildman–Crippen MR) is 95.0 cm³/mol. The molecule has 0 aromatic heterocycles. The van der Waals surface area contributed by atoms with E-state index in [1.165, 1.54) is 13.0 Å². The summed E-state index contributed by atoms with van der Waals surface area (Å²) in [6.45, 7) is 1.30. The number of hydrogen-bond donors (Lipinski definition) is 3. The number of hydrogen-bond acceptors (Lipinski definition) is 3. The van der Waals surface area contributed by atoms with Crippen molar-refractivity contribution in [1.29, 1.82) is 5.41 Å². The summed E-state index contributed by atoms with van der Waals surface area (Å²) < 4.78 is 13.9. The van der Waals surface area contributed by atoms with Crippen LogP contribution in [-0.4, -0.2) is 11.6 Å². The molecule has 4 N–H and O–H groups in total. The van der Waals surface area contributed by atoms with Gasteiger partial charge in [0, 0.05) is 23.7 Å². The topological polar surface area (TPSA) is 79.0 Å². The number of anilines is 2. The van der Waals surface area contributed by atoms with Crippen molar-refractivity contribution >= 4 is 33.8 Å². The molecular formula is C19H16FN3O. The summed E-state index contributed by atoms with van der Waals surface area (Å²) >= 11 is 0. The fourth-order valence-corrected chi connectivity index (χ4v) is 2.59. The molecule has 0 fully saturated rings. The summed E-state index contributed by atoms with van der Waals surface area (Å²) in [6, 6.07) is 16.0. The summed E-state index contributed by atoms with van der Waals surface area (Å²) in [6.07, 6.45) is 0. The molecule has 0 radical (unpaired) electrons. The van der Waals surface area contributed by atoms with Crippen LogP contribution in [0.15, 0.2) is 54.6 Å². The molecule has 0 bridgehead atoms. The molecule has 0 aliphatic rings. The van der Waals surface area contributed by atoms with Gasteiger partial charge in [-0.25, -0.2) is 4.39 Å². The van der Waals surface area contributed by atoms with Gasteiger partial charge in [-0.1, -0.05) is 36.4 Å². The van der Waals surface area contributed by atoms with Crippen LogP contribution in [0.25, 0.3) is 10.8 Å². The van der Waals surface area contributed by atoms with Gasteiger partial charge in [0.05, 0.1) is 11.4 Å². The molecule has 1 amide bonds. The lowest BCUT2D eigenvalue weighted by atomic mass is 9.97. The van der Waals surface area contributed by atoms with Crippen molar-refractivity contribution in [3.63, 3.8) is 0 Å². The maximum absolute atomic E-state index is 13.9. The van der Waals surface area contributed by atoms with Crippen LogP contribution >= 0.6 is 0 Å². The van der Waals surface area contributed by atoms with Gasteiger partial charge in [-0.2, -0.15) is 0 Å². The summed E-state index contributed by atoms with van der Waals surface area (Å²) in [5, 5.41) is 12.9. The fraction of sp³-hybridized carbons (Fsp3) is 0.0526. The van der Waals surface area contributed by atoms with Crippen molar-refractivity contribution in [1.82, 2.24) is 0 Å². The maximum Gasteiger partial charge on any atom is 0.221 e. The normalized spacial score (nSPS) is 10.6. The third-order valence-corrected chi connectivity index (χ3v) is 3.76. The standard InChI is InChI=1S/C19H16FN3O/c1-11(24)23-18-9-15(17(21)10-16(18)20)19(22)14-7-6-12-4-2-3-5-13(12)8-14/h2-10,22H,21H2,1H3,(H,23,24). The number of nitrogen functional groups attached to an aromatic ring is 1. The Labute approximate surface area is 138 Å². The number of nitrogens with two attached hydrogens (primary N) is 1. The van der Waals surface area contributed by atoms with Gasteiger partial charge in [-0.3, -0.25) is 10.2 Å².